The maximum absolute atomic E-state index is 14.1. The molecule has 2 heterocycles. The summed E-state index contributed by atoms with van der Waals surface area (Å²) in [6.07, 6.45) is 6.01. The number of benzene rings is 2. The molecule has 2 aromatic rings. The largest absolute Gasteiger partial charge is 0.342 e. The first-order valence-electron chi connectivity index (χ1n) is 16.8. The highest BCUT2D eigenvalue weighted by Crippen LogP contribution is 2.27. The van der Waals surface area contributed by atoms with Crippen LogP contribution in [0.4, 0.5) is 5.69 Å². The SMILES string of the molecule is C/C(=C\C(C(C)C)N(C)C(=O)[C@@H](NC(=O)[C@H]1CCCCN1C)C(C)(C)C)C(=O)N1CCC[C@H]1C(=O)Nc1ccc2ccccc2c1. The van der Waals surface area contributed by atoms with Crippen molar-refractivity contribution in [1.82, 2.24) is 20.0 Å². The maximum atomic E-state index is 14.1. The Bertz CT molecular complexity index is 1460. The molecular formula is C37H53N5O4. The molecule has 2 saturated heterocycles. The predicted molar refractivity (Wildman–Crippen MR) is 184 cm³/mol. The number of rotatable bonds is 9. The van der Waals surface area contributed by atoms with Crippen molar-refractivity contribution in [2.24, 2.45) is 11.3 Å². The van der Waals surface area contributed by atoms with Crippen molar-refractivity contribution in [1.29, 1.82) is 0 Å². The number of likely N-dealkylation sites (N-methyl/N-ethyl adjacent to an activating group) is 2. The van der Waals surface area contributed by atoms with Crippen LogP contribution in [0.1, 0.15) is 73.6 Å². The molecule has 0 aromatic heterocycles. The molecule has 2 aliphatic rings. The van der Waals surface area contributed by atoms with Crippen LogP contribution in [0.15, 0.2) is 54.1 Å². The Morgan fingerprint density at radius 3 is 2.24 bits per heavy atom. The van der Waals surface area contributed by atoms with Crippen molar-refractivity contribution in [2.75, 3.05) is 32.5 Å². The van der Waals surface area contributed by atoms with Gasteiger partial charge in [0.2, 0.25) is 23.6 Å². The number of piperidine rings is 1. The molecule has 0 spiro atoms. The van der Waals surface area contributed by atoms with E-state index in [0.29, 0.717) is 24.2 Å². The van der Waals surface area contributed by atoms with Gasteiger partial charge < -0.3 is 20.4 Å². The van der Waals surface area contributed by atoms with Crippen molar-refractivity contribution in [2.45, 2.75) is 97.8 Å². The summed E-state index contributed by atoms with van der Waals surface area (Å²) < 4.78 is 0. The van der Waals surface area contributed by atoms with Gasteiger partial charge in [-0.15, -0.1) is 0 Å². The number of carbonyl (C=O) groups is 4. The lowest BCUT2D eigenvalue weighted by molar-refractivity contribution is -0.141. The summed E-state index contributed by atoms with van der Waals surface area (Å²) in [7, 11) is 3.70. The smallest absolute Gasteiger partial charge is 0.249 e. The van der Waals surface area contributed by atoms with Crippen LogP contribution in [0.5, 0.6) is 0 Å². The van der Waals surface area contributed by atoms with Crippen LogP contribution >= 0.6 is 0 Å². The van der Waals surface area contributed by atoms with Crippen LogP contribution in [0.3, 0.4) is 0 Å². The fraction of sp³-hybridized carbons (Fsp3) is 0.568. The van der Waals surface area contributed by atoms with Crippen molar-refractivity contribution in [3.63, 3.8) is 0 Å². The molecule has 46 heavy (non-hydrogen) atoms. The van der Waals surface area contributed by atoms with Crippen LogP contribution in [0, 0.1) is 11.3 Å². The Morgan fingerprint density at radius 2 is 1.59 bits per heavy atom. The Labute approximate surface area is 274 Å². The summed E-state index contributed by atoms with van der Waals surface area (Å²) in [6, 6.07) is 11.8. The number of hydrogen-bond donors (Lipinski definition) is 2. The average Bonchev–Trinajstić information content (AvgIpc) is 3.51. The van der Waals surface area contributed by atoms with Crippen LogP contribution in [-0.2, 0) is 19.2 Å². The maximum Gasteiger partial charge on any atom is 0.249 e. The number of fused-ring (bicyclic) bond motifs is 1. The molecule has 9 heteroatoms. The lowest BCUT2D eigenvalue weighted by Crippen LogP contribution is -2.59. The van der Waals surface area contributed by atoms with Crippen molar-refractivity contribution in [3.8, 4) is 0 Å². The lowest BCUT2D eigenvalue weighted by Gasteiger charge is -2.39. The summed E-state index contributed by atoms with van der Waals surface area (Å²) in [5.74, 6) is -0.710. The van der Waals surface area contributed by atoms with Crippen molar-refractivity contribution in [3.05, 3.63) is 54.1 Å². The second-order valence-electron chi connectivity index (χ2n) is 14.5. The zero-order valence-electron chi connectivity index (χ0n) is 28.9. The summed E-state index contributed by atoms with van der Waals surface area (Å²) >= 11 is 0. The van der Waals surface area contributed by atoms with Gasteiger partial charge in [-0.1, -0.05) is 77.4 Å². The molecule has 2 aliphatic heterocycles. The van der Waals surface area contributed by atoms with E-state index in [1.807, 2.05) is 90.2 Å². The van der Waals surface area contributed by atoms with Crippen LogP contribution in [0.2, 0.25) is 0 Å². The van der Waals surface area contributed by atoms with Crippen molar-refractivity contribution >= 4 is 40.1 Å². The average molecular weight is 632 g/mol. The van der Waals surface area contributed by atoms with E-state index in [0.717, 1.165) is 43.0 Å². The second kappa shape index (κ2) is 14.8. The quantitative estimate of drug-likeness (QED) is 0.370. The summed E-state index contributed by atoms with van der Waals surface area (Å²) in [6.45, 7) is 13.0. The van der Waals surface area contributed by atoms with Gasteiger partial charge in [0.15, 0.2) is 0 Å². The minimum atomic E-state index is -0.729. The van der Waals surface area contributed by atoms with Crippen LogP contribution in [-0.4, -0.2) is 89.7 Å². The minimum Gasteiger partial charge on any atom is -0.342 e. The monoisotopic (exact) mass is 631 g/mol. The number of nitrogens with zero attached hydrogens (tertiary/aromatic N) is 3. The topological polar surface area (TPSA) is 102 Å². The number of anilines is 1. The molecule has 4 rings (SSSR count). The van der Waals surface area contributed by atoms with E-state index in [-0.39, 0.29) is 41.6 Å². The fourth-order valence-corrected chi connectivity index (χ4v) is 6.72. The Hall–Kier alpha value is -3.72. The third-order valence-corrected chi connectivity index (χ3v) is 9.54. The highest BCUT2D eigenvalue weighted by Gasteiger charge is 2.40. The highest BCUT2D eigenvalue weighted by molar-refractivity contribution is 6.02. The van der Waals surface area contributed by atoms with Crippen LogP contribution in [0.25, 0.3) is 10.8 Å². The molecule has 0 saturated carbocycles. The standard InChI is InChI=1S/C37H53N5O4/c1-24(2)31(41(8)36(46)32(37(4,5)6)39-33(43)29-16-11-12-20-40(29)7)22-25(3)35(45)42-21-13-17-30(42)34(44)38-28-19-18-26-14-9-10-15-27(26)23-28/h9-10,14-15,18-19,22-24,29-32H,11-13,16-17,20-21H2,1-8H3,(H,38,44)(H,39,43)/b25-22+/t29-,30+,31?,32-/m1/s1. The third kappa shape index (κ3) is 8.16. The molecule has 0 radical (unpaired) electrons. The van der Waals surface area contributed by atoms with Gasteiger partial charge in [0.05, 0.1) is 12.1 Å². The first kappa shape index (κ1) is 35.1. The van der Waals surface area contributed by atoms with Gasteiger partial charge in [0.25, 0.3) is 0 Å². The van der Waals surface area contributed by atoms with E-state index in [9.17, 15) is 19.2 Å². The molecule has 2 aromatic carbocycles. The molecule has 2 N–H and O–H groups in total. The zero-order valence-corrected chi connectivity index (χ0v) is 28.9. The van der Waals surface area contributed by atoms with Gasteiger partial charge in [-0.2, -0.15) is 0 Å². The Balaban J connectivity index is 1.48. The van der Waals surface area contributed by atoms with E-state index < -0.39 is 17.5 Å². The van der Waals surface area contributed by atoms with E-state index in [2.05, 4.69) is 15.5 Å². The number of likely N-dealkylation sites (tertiary alicyclic amines) is 2. The van der Waals surface area contributed by atoms with E-state index in [1.54, 1.807) is 23.8 Å². The number of carbonyl (C=O) groups excluding carboxylic acids is 4. The first-order chi connectivity index (χ1) is 21.7. The molecular weight excluding hydrogens is 578 g/mol. The van der Waals surface area contributed by atoms with Gasteiger partial charge >= 0.3 is 0 Å². The summed E-state index contributed by atoms with van der Waals surface area (Å²) in [4.78, 5) is 60.0. The molecule has 1 unspecified atom stereocenters. The van der Waals surface area contributed by atoms with Crippen LogP contribution < -0.4 is 10.6 Å². The lowest BCUT2D eigenvalue weighted by atomic mass is 9.84. The molecule has 250 valence electrons. The first-order valence-corrected chi connectivity index (χ1v) is 16.8. The van der Waals surface area contributed by atoms with Gasteiger partial charge in [0, 0.05) is 24.9 Å². The molecule has 4 atom stereocenters. The minimum absolute atomic E-state index is 0.00285. The Kier molecular flexibility index (Phi) is 11.3. The van der Waals surface area contributed by atoms with E-state index in [4.69, 9.17) is 0 Å². The van der Waals surface area contributed by atoms with E-state index in [1.165, 1.54) is 0 Å². The normalized spacial score (nSPS) is 20.8. The third-order valence-electron chi connectivity index (χ3n) is 9.54. The highest BCUT2D eigenvalue weighted by atomic mass is 16.2. The molecule has 9 nitrogen and oxygen atoms in total. The van der Waals surface area contributed by atoms with Gasteiger partial charge in [-0.05, 0) is 80.4 Å². The fourth-order valence-electron chi connectivity index (χ4n) is 6.72. The van der Waals surface area contributed by atoms with Crippen molar-refractivity contribution < 1.29 is 19.2 Å². The van der Waals surface area contributed by atoms with Gasteiger partial charge in [0.1, 0.15) is 12.1 Å². The number of amides is 4. The zero-order chi connectivity index (χ0) is 33.8. The Morgan fingerprint density at radius 1 is 0.913 bits per heavy atom. The van der Waals surface area contributed by atoms with E-state index >= 15 is 0 Å². The molecule has 0 bridgehead atoms. The summed E-state index contributed by atoms with van der Waals surface area (Å²) in [5.41, 5.74) is 0.667. The summed E-state index contributed by atoms with van der Waals surface area (Å²) in [5, 5.41) is 8.23. The predicted octanol–water partition coefficient (Wildman–Crippen LogP) is 5.21. The van der Waals surface area contributed by atoms with Gasteiger partial charge in [-0.3, -0.25) is 24.1 Å². The molecule has 2 fully saturated rings. The molecule has 4 amide bonds. The number of nitrogens with one attached hydrogen (secondary N) is 2. The van der Waals surface area contributed by atoms with Gasteiger partial charge in [-0.25, -0.2) is 0 Å². The second-order valence-corrected chi connectivity index (χ2v) is 14.5. The molecule has 0 aliphatic carbocycles. The number of hydrogen-bond acceptors (Lipinski definition) is 5.